The highest BCUT2D eigenvalue weighted by atomic mass is 32.2. The van der Waals surface area contributed by atoms with Gasteiger partial charge in [-0.3, -0.25) is 0 Å². The van der Waals surface area contributed by atoms with E-state index >= 15 is 0 Å². The molecule has 0 bridgehead atoms. The molecule has 5 nitrogen and oxygen atoms in total. The first kappa shape index (κ1) is 15.3. The molecular formula is C14H23N3O2S. The van der Waals surface area contributed by atoms with Crippen molar-refractivity contribution in [1.82, 2.24) is 4.31 Å². The molecule has 0 radical (unpaired) electrons. The van der Waals surface area contributed by atoms with Gasteiger partial charge in [0.05, 0.1) is 5.69 Å². The zero-order chi connectivity index (χ0) is 14.8. The van der Waals surface area contributed by atoms with Crippen LogP contribution < -0.4 is 10.6 Å². The summed E-state index contributed by atoms with van der Waals surface area (Å²) in [4.78, 5) is 2.53. The molecular weight excluding hydrogens is 274 g/mol. The lowest BCUT2D eigenvalue weighted by Gasteiger charge is -2.35. The van der Waals surface area contributed by atoms with Gasteiger partial charge in [0.25, 0.3) is 0 Å². The van der Waals surface area contributed by atoms with Crippen LogP contribution in [0.4, 0.5) is 5.69 Å². The summed E-state index contributed by atoms with van der Waals surface area (Å²) in [5.41, 5.74) is 6.55. The topological polar surface area (TPSA) is 66.6 Å². The van der Waals surface area contributed by atoms with E-state index in [1.165, 1.54) is 4.31 Å². The number of nitrogens with two attached hydrogens (primary N) is 1. The highest BCUT2D eigenvalue weighted by molar-refractivity contribution is 7.89. The second kappa shape index (κ2) is 6.11. The number of anilines is 1. The maximum Gasteiger partial charge on any atom is 0.244 e. The van der Waals surface area contributed by atoms with Crippen molar-refractivity contribution in [3.8, 4) is 0 Å². The molecule has 112 valence electrons. The average molecular weight is 297 g/mol. The van der Waals surface area contributed by atoms with Gasteiger partial charge < -0.3 is 10.6 Å². The van der Waals surface area contributed by atoms with Crippen molar-refractivity contribution < 1.29 is 8.42 Å². The molecule has 1 aromatic carbocycles. The third-order valence-corrected chi connectivity index (χ3v) is 5.68. The van der Waals surface area contributed by atoms with Crippen LogP contribution in [0.1, 0.15) is 12.8 Å². The monoisotopic (exact) mass is 297 g/mol. The summed E-state index contributed by atoms with van der Waals surface area (Å²) >= 11 is 0. The second-order valence-electron chi connectivity index (χ2n) is 5.45. The minimum Gasteiger partial charge on any atom is -0.370 e. The molecule has 1 unspecified atom stereocenters. The van der Waals surface area contributed by atoms with Crippen LogP contribution in [0.25, 0.3) is 0 Å². The first-order valence-electron chi connectivity index (χ1n) is 6.93. The normalized spacial score (nSPS) is 20.4. The van der Waals surface area contributed by atoms with E-state index in [1.807, 2.05) is 12.1 Å². The number of para-hydroxylation sites is 1. The van der Waals surface area contributed by atoms with Gasteiger partial charge in [-0.1, -0.05) is 12.1 Å². The fourth-order valence-electron chi connectivity index (χ4n) is 2.61. The Bertz CT molecular complexity index is 557. The number of hydrogen-bond acceptors (Lipinski definition) is 4. The largest absolute Gasteiger partial charge is 0.370 e. The lowest BCUT2D eigenvalue weighted by molar-refractivity contribution is 0.422. The number of hydrogen-bond donors (Lipinski definition) is 1. The maximum atomic E-state index is 12.4. The van der Waals surface area contributed by atoms with Crippen LogP contribution in [0.5, 0.6) is 0 Å². The Balaban J connectivity index is 2.38. The van der Waals surface area contributed by atoms with E-state index in [9.17, 15) is 8.42 Å². The Labute approximate surface area is 121 Å². The van der Waals surface area contributed by atoms with Gasteiger partial charge in [0.15, 0.2) is 0 Å². The SMILES string of the molecule is CN(C)S(=O)(=O)c1ccccc1N1CCCC(CN)C1. The molecule has 1 saturated heterocycles. The standard InChI is InChI=1S/C14H23N3O2S/c1-16(2)20(18,19)14-8-4-3-7-13(14)17-9-5-6-12(10-15)11-17/h3-4,7-8,12H,5-6,9-11,15H2,1-2H3. The van der Waals surface area contributed by atoms with Crippen molar-refractivity contribution in [3.63, 3.8) is 0 Å². The molecule has 2 N–H and O–H groups in total. The molecule has 0 aliphatic carbocycles. The number of sulfonamides is 1. The quantitative estimate of drug-likeness (QED) is 0.904. The molecule has 20 heavy (non-hydrogen) atoms. The summed E-state index contributed by atoms with van der Waals surface area (Å²) in [5, 5.41) is 0. The minimum absolute atomic E-state index is 0.377. The Morgan fingerprint density at radius 2 is 2.05 bits per heavy atom. The highest BCUT2D eigenvalue weighted by Gasteiger charge is 2.26. The van der Waals surface area contributed by atoms with Crippen LogP contribution in [0, 0.1) is 5.92 Å². The zero-order valence-corrected chi connectivity index (χ0v) is 12.9. The summed E-state index contributed by atoms with van der Waals surface area (Å²) in [7, 11) is -0.300. The van der Waals surface area contributed by atoms with Gasteiger partial charge in [0.2, 0.25) is 10.0 Å². The number of benzene rings is 1. The summed E-state index contributed by atoms with van der Waals surface area (Å²) in [6.07, 6.45) is 2.17. The summed E-state index contributed by atoms with van der Waals surface area (Å²) < 4.78 is 26.1. The predicted octanol–water partition coefficient (Wildman–Crippen LogP) is 1.11. The Morgan fingerprint density at radius 3 is 2.70 bits per heavy atom. The van der Waals surface area contributed by atoms with E-state index in [0.717, 1.165) is 31.6 Å². The Hall–Kier alpha value is -1.11. The molecule has 1 fully saturated rings. The van der Waals surface area contributed by atoms with E-state index < -0.39 is 10.0 Å². The lowest BCUT2D eigenvalue weighted by atomic mass is 9.98. The molecule has 1 heterocycles. The van der Waals surface area contributed by atoms with Crippen molar-refractivity contribution >= 4 is 15.7 Å². The van der Waals surface area contributed by atoms with Gasteiger partial charge in [0, 0.05) is 27.2 Å². The number of rotatable bonds is 4. The van der Waals surface area contributed by atoms with Gasteiger partial charge in [-0.05, 0) is 37.4 Å². The van der Waals surface area contributed by atoms with Crippen molar-refractivity contribution in [3.05, 3.63) is 24.3 Å². The van der Waals surface area contributed by atoms with E-state index in [4.69, 9.17) is 5.73 Å². The Morgan fingerprint density at radius 1 is 1.35 bits per heavy atom. The fraction of sp³-hybridized carbons (Fsp3) is 0.571. The predicted molar refractivity (Wildman–Crippen MR) is 81.3 cm³/mol. The molecule has 1 aliphatic heterocycles. The van der Waals surface area contributed by atoms with Crippen LogP contribution in [-0.4, -0.2) is 46.5 Å². The maximum absolute atomic E-state index is 12.4. The van der Waals surface area contributed by atoms with Gasteiger partial charge in [-0.25, -0.2) is 12.7 Å². The van der Waals surface area contributed by atoms with Crippen molar-refractivity contribution in [2.45, 2.75) is 17.7 Å². The van der Waals surface area contributed by atoms with Gasteiger partial charge in [-0.15, -0.1) is 0 Å². The zero-order valence-electron chi connectivity index (χ0n) is 12.1. The molecule has 0 saturated carbocycles. The fourth-order valence-corrected chi connectivity index (χ4v) is 3.71. The number of nitrogens with zero attached hydrogens (tertiary/aromatic N) is 2. The van der Waals surface area contributed by atoms with Crippen molar-refractivity contribution in [2.24, 2.45) is 11.7 Å². The van der Waals surface area contributed by atoms with Gasteiger partial charge >= 0.3 is 0 Å². The molecule has 1 atom stereocenters. The first-order valence-corrected chi connectivity index (χ1v) is 8.37. The molecule has 6 heteroatoms. The summed E-state index contributed by atoms with van der Waals surface area (Å²) in [6.45, 7) is 2.37. The molecule has 1 aliphatic rings. The van der Waals surface area contributed by atoms with Gasteiger partial charge in [-0.2, -0.15) is 0 Å². The van der Waals surface area contributed by atoms with Crippen LogP contribution in [-0.2, 0) is 10.0 Å². The van der Waals surface area contributed by atoms with Crippen LogP contribution >= 0.6 is 0 Å². The molecule has 0 amide bonds. The van der Waals surface area contributed by atoms with Crippen LogP contribution in [0.2, 0.25) is 0 Å². The van der Waals surface area contributed by atoms with Gasteiger partial charge in [0.1, 0.15) is 4.90 Å². The van der Waals surface area contributed by atoms with E-state index in [-0.39, 0.29) is 0 Å². The highest BCUT2D eigenvalue weighted by Crippen LogP contribution is 2.30. The molecule has 0 spiro atoms. The molecule has 2 rings (SSSR count). The van der Waals surface area contributed by atoms with E-state index in [2.05, 4.69) is 4.90 Å². The summed E-state index contributed by atoms with van der Waals surface area (Å²) in [5.74, 6) is 0.443. The third kappa shape index (κ3) is 2.97. The average Bonchev–Trinajstić information content (AvgIpc) is 2.47. The molecule has 0 aromatic heterocycles. The third-order valence-electron chi connectivity index (χ3n) is 3.82. The number of piperidine rings is 1. The van der Waals surface area contributed by atoms with Crippen LogP contribution in [0.3, 0.4) is 0 Å². The van der Waals surface area contributed by atoms with Crippen molar-refractivity contribution in [2.75, 3.05) is 38.6 Å². The van der Waals surface area contributed by atoms with E-state index in [0.29, 0.717) is 17.4 Å². The smallest absolute Gasteiger partial charge is 0.244 e. The van der Waals surface area contributed by atoms with Crippen LogP contribution in [0.15, 0.2) is 29.2 Å². The van der Waals surface area contributed by atoms with Crippen molar-refractivity contribution in [1.29, 1.82) is 0 Å². The first-order chi connectivity index (χ1) is 9.46. The minimum atomic E-state index is -3.42. The Kier molecular flexibility index (Phi) is 4.67. The molecule has 1 aromatic rings. The lowest BCUT2D eigenvalue weighted by Crippen LogP contribution is -2.39. The van der Waals surface area contributed by atoms with E-state index in [1.54, 1.807) is 26.2 Å². The summed E-state index contributed by atoms with van der Waals surface area (Å²) in [6, 6.07) is 7.21. The second-order valence-corrected chi connectivity index (χ2v) is 7.57.